The van der Waals surface area contributed by atoms with Gasteiger partial charge < -0.3 is 19.2 Å². The number of nitrogens with one attached hydrogen (secondary N) is 1. The average molecular weight is 302 g/mol. The molecule has 1 saturated heterocycles. The highest BCUT2D eigenvalue weighted by Gasteiger charge is 2.29. The summed E-state index contributed by atoms with van der Waals surface area (Å²) in [6, 6.07) is 9.82. The van der Waals surface area contributed by atoms with E-state index in [0.29, 0.717) is 26.2 Å². The van der Waals surface area contributed by atoms with Crippen LogP contribution in [0.1, 0.15) is 22.5 Å². The molecule has 1 N–H and O–H groups in total. The van der Waals surface area contributed by atoms with Gasteiger partial charge in [-0.2, -0.15) is 0 Å². The van der Waals surface area contributed by atoms with Crippen molar-refractivity contribution in [2.24, 2.45) is 0 Å². The number of aromatic nitrogens is 1. The molecule has 1 aliphatic heterocycles. The van der Waals surface area contributed by atoms with Crippen LogP contribution in [0.4, 0.5) is 0 Å². The smallest absolute Gasteiger partial charge is 0.289 e. The summed E-state index contributed by atoms with van der Waals surface area (Å²) in [4.78, 5) is 15.8. The minimum atomic E-state index is -0.280. The van der Waals surface area contributed by atoms with E-state index in [2.05, 4.69) is 10.3 Å². The highest BCUT2D eigenvalue weighted by Crippen LogP contribution is 2.14. The molecule has 1 fully saturated rings. The Labute approximate surface area is 128 Å². The first kappa shape index (κ1) is 14.7. The van der Waals surface area contributed by atoms with Crippen LogP contribution in [0.3, 0.4) is 0 Å². The Balaban J connectivity index is 1.57. The van der Waals surface area contributed by atoms with E-state index in [4.69, 9.17) is 13.9 Å². The maximum atomic E-state index is 12.1. The van der Waals surface area contributed by atoms with Crippen LogP contribution in [0.5, 0.6) is 0 Å². The number of carbonyl (C=O) groups excluding carboxylic acids is 1. The van der Waals surface area contributed by atoms with Crippen molar-refractivity contribution in [3.8, 4) is 0 Å². The fraction of sp³-hybridized carbons (Fsp3) is 0.375. The maximum absolute atomic E-state index is 12.1. The van der Waals surface area contributed by atoms with Gasteiger partial charge in [0.2, 0.25) is 5.76 Å². The Bertz CT molecular complexity index is 585. The number of nitrogens with zero attached hydrogens (tertiary/aromatic N) is 1. The van der Waals surface area contributed by atoms with Crippen LogP contribution in [0, 0.1) is 0 Å². The van der Waals surface area contributed by atoms with Gasteiger partial charge in [-0.3, -0.25) is 4.79 Å². The molecule has 2 heterocycles. The van der Waals surface area contributed by atoms with E-state index in [0.717, 1.165) is 5.56 Å². The second-order valence-electron chi connectivity index (χ2n) is 5.14. The minimum Gasteiger partial charge on any atom is -0.438 e. The Morgan fingerprint density at radius 1 is 1.36 bits per heavy atom. The van der Waals surface area contributed by atoms with Crippen molar-refractivity contribution < 1.29 is 18.7 Å². The quantitative estimate of drug-likeness (QED) is 0.911. The van der Waals surface area contributed by atoms with Crippen LogP contribution in [0.15, 0.2) is 47.3 Å². The van der Waals surface area contributed by atoms with E-state index >= 15 is 0 Å². The first-order valence-corrected chi connectivity index (χ1v) is 7.25. The lowest BCUT2D eigenvalue weighted by Gasteiger charge is -2.31. The fourth-order valence-corrected chi connectivity index (χ4v) is 2.39. The van der Waals surface area contributed by atoms with Crippen LogP contribution in [0.2, 0.25) is 0 Å². The number of carbonyl (C=O) groups is 1. The molecule has 0 radical (unpaired) electrons. The minimum absolute atomic E-state index is 0.102. The first-order valence-electron chi connectivity index (χ1n) is 7.25. The zero-order chi connectivity index (χ0) is 15.2. The summed E-state index contributed by atoms with van der Waals surface area (Å²) in [6.07, 6.45) is 3.16. The molecule has 3 rings (SSSR count). The van der Waals surface area contributed by atoms with Crippen molar-refractivity contribution >= 4 is 5.91 Å². The molecule has 2 atom stereocenters. The molecule has 0 bridgehead atoms. The van der Waals surface area contributed by atoms with Gasteiger partial charge >= 0.3 is 0 Å². The Kier molecular flexibility index (Phi) is 4.82. The third-order valence-electron chi connectivity index (χ3n) is 3.58. The van der Waals surface area contributed by atoms with Gasteiger partial charge in [-0.25, -0.2) is 4.98 Å². The zero-order valence-corrected chi connectivity index (χ0v) is 12.1. The van der Waals surface area contributed by atoms with Crippen LogP contribution >= 0.6 is 0 Å². The number of amides is 1. The van der Waals surface area contributed by atoms with Crippen molar-refractivity contribution in [3.63, 3.8) is 0 Å². The van der Waals surface area contributed by atoms with Gasteiger partial charge in [0, 0.05) is 6.61 Å². The highest BCUT2D eigenvalue weighted by molar-refractivity contribution is 5.91. The summed E-state index contributed by atoms with van der Waals surface area (Å²) in [7, 11) is 0. The van der Waals surface area contributed by atoms with Gasteiger partial charge in [0.15, 0.2) is 6.39 Å². The Hall–Kier alpha value is -2.18. The number of oxazole rings is 1. The summed E-state index contributed by atoms with van der Waals surface area (Å²) in [5, 5.41) is 2.93. The van der Waals surface area contributed by atoms with E-state index in [9.17, 15) is 4.79 Å². The molecule has 2 aromatic rings. The highest BCUT2D eigenvalue weighted by atomic mass is 16.5. The predicted molar refractivity (Wildman–Crippen MR) is 78.2 cm³/mol. The van der Waals surface area contributed by atoms with E-state index in [1.54, 1.807) is 0 Å². The Morgan fingerprint density at radius 3 is 3.00 bits per heavy atom. The number of ether oxygens (including phenoxy) is 2. The normalized spacial score (nSPS) is 21.5. The molecular weight excluding hydrogens is 284 g/mol. The van der Waals surface area contributed by atoms with Gasteiger partial charge in [-0.1, -0.05) is 30.3 Å². The molecule has 6 nitrogen and oxygen atoms in total. The van der Waals surface area contributed by atoms with E-state index in [-0.39, 0.29) is 23.8 Å². The van der Waals surface area contributed by atoms with Crippen LogP contribution in [0.25, 0.3) is 0 Å². The lowest BCUT2D eigenvalue weighted by atomic mass is 10.1. The zero-order valence-electron chi connectivity index (χ0n) is 12.1. The molecule has 22 heavy (non-hydrogen) atoms. The molecule has 1 aromatic heterocycles. The Morgan fingerprint density at radius 2 is 2.23 bits per heavy atom. The average Bonchev–Trinajstić information content (AvgIpc) is 3.10. The van der Waals surface area contributed by atoms with Gasteiger partial charge in [0.1, 0.15) is 6.10 Å². The second-order valence-corrected chi connectivity index (χ2v) is 5.14. The predicted octanol–water partition coefficient (Wildman–Crippen LogP) is 1.78. The second kappa shape index (κ2) is 7.20. The summed E-state index contributed by atoms with van der Waals surface area (Å²) in [5.41, 5.74) is 1.09. The maximum Gasteiger partial charge on any atom is 0.289 e. The summed E-state index contributed by atoms with van der Waals surface area (Å²) in [6.45, 7) is 1.56. The first-order chi connectivity index (χ1) is 10.8. The lowest BCUT2D eigenvalue weighted by molar-refractivity contribution is -0.0737. The van der Waals surface area contributed by atoms with Gasteiger partial charge in [0.05, 0.1) is 25.5 Å². The molecule has 0 saturated carbocycles. The summed E-state index contributed by atoms with van der Waals surface area (Å²) < 4.78 is 16.4. The van der Waals surface area contributed by atoms with E-state index in [1.807, 2.05) is 30.3 Å². The van der Waals surface area contributed by atoms with Crippen molar-refractivity contribution in [3.05, 3.63) is 54.2 Å². The van der Waals surface area contributed by atoms with Gasteiger partial charge in [-0.15, -0.1) is 0 Å². The SMILES string of the molecule is O=C(N[C@@H]1CCOC[C@H]1OCc1ccccc1)c1cnco1. The number of hydrogen-bond donors (Lipinski definition) is 1. The topological polar surface area (TPSA) is 73.6 Å². The molecule has 0 unspecified atom stereocenters. The van der Waals surface area contributed by atoms with Crippen molar-refractivity contribution in [2.45, 2.75) is 25.2 Å². The standard InChI is InChI=1S/C16H18N2O4/c19-16(14-8-17-11-22-14)18-13-6-7-20-10-15(13)21-9-12-4-2-1-3-5-12/h1-5,8,11,13,15H,6-7,9-10H2,(H,18,19)/t13-,15-/m1/s1. The molecule has 1 aliphatic rings. The third kappa shape index (κ3) is 3.72. The van der Waals surface area contributed by atoms with Crippen molar-refractivity contribution in [2.75, 3.05) is 13.2 Å². The third-order valence-corrected chi connectivity index (χ3v) is 3.58. The van der Waals surface area contributed by atoms with Gasteiger partial charge in [0.25, 0.3) is 5.91 Å². The fourth-order valence-electron chi connectivity index (χ4n) is 2.39. The molecule has 0 aliphatic carbocycles. The van der Waals surface area contributed by atoms with E-state index in [1.165, 1.54) is 12.6 Å². The molecule has 1 aromatic carbocycles. The van der Waals surface area contributed by atoms with Crippen LogP contribution < -0.4 is 5.32 Å². The lowest BCUT2D eigenvalue weighted by Crippen LogP contribution is -2.49. The van der Waals surface area contributed by atoms with Crippen molar-refractivity contribution in [1.29, 1.82) is 0 Å². The molecule has 1 amide bonds. The summed E-state index contributed by atoms with van der Waals surface area (Å²) in [5.74, 6) is -0.0778. The van der Waals surface area contributed by atoms with Crippen LogP contribution in [-0.2, 0) is 16.1 Å². The molecule has 0 spiro atoms. The number of rotatable bonds is 5. The molecule has 6 heteroatoms. The molecule has 116 valence electrons. The monoisotopic (exact) mass is 302 g/mol. The molecular formula is C16H18N2O4. The van der Waals surface area contributed by atoms with Crippen LogP contribution in [-0.4, -0.2) is 36.3 Å². The van der Waals surface area contributed by atoms with Gasteiger partial charge in [-0.05, 0) is 12.0 Å². The number of hydrogen-bond acceptors (Lipinski definition) is 5. The number of benzene rings is 1. The van der Waals surface area contributed by atoms with E-state index < -0.39 is 0 Å². The van der Waals surface area contributed by atoms with Crippen molar-refractivity contribution in [1.82, 2.24) is 10.3 Å². The largest absolute Gasteiger partial charge is 0.438 e. The summed E-state index contributed by atoms with van der Waals surface area (Å²) >= 11 is 0.